The Bertz CT molecular complexity index is 747. The van der Waals surface area contributed by atoms with Crippen molar-refractivity contribution in [2.75, 3.05) is 6.61 Å². The molecule has 1 N–H and O–H groups in total. The van der Waals surface area contributed by atoms with E-state index in [1.807, 2.05) is 0 Å². The summed E-state index contributed by atoms with van der Waals surface area (Å²) in [6.07, 6.45) is 20.0. The van der Waals surface area contributed by atoms with Crippen molar-refractivity contribution in [1.29, 1.82) is 0 Å². The molecule has 4 unspecified atom stereocenters. The van der Waals surface area contributed by atoms with Crippen molar-refractivity contribution in [2.45, 2.75) is 76.7 Å². The highest BCUT2D eigenvalue weighted by molar-refractivity contribution is 5.96. The molecule has 146 valence electrons. The molecule has 6 aliphatic rings. The molecule has 0 saturated heterocycles. The number of hydrogen-bond donors (Lipinski definition) is 1. The van der Waals surface area contributed by atoms with Crippen LogP contribution in [0, 0.1) is 34.5 Å². The lowest BCUT2D eigenvalue weighted by Crippen LogP contribution is -2.55. The van der Waals surface area contributed by atoms with Crippen LogP contribution in [0.3, 0.4) is 0 Å². The number of rotatable bonds is 1. The number of nitrogens with zero attached hydrogens (tertiary/aromatic N) is 1. The van der Waals surface area contributed by atoms with Gasteiger partial charge in [-0.25, -0.2) is 0 Å². The summed E-state index contributed by atoms with van der Waals surface area (Å²) in [4.78, 5) is 0. The van der Waals surface area contributed by atoms with Gasteiger partial charge in [-0.05, 0) is 94.0 Å². The number of allylic oxidation sites excluding steroid dienone is 2. The van der Waals surface area contributed by atoms with Gasteiger partial charge in [-0.15, -0.1) is 0 Å². The fraction of sp³-hybridized carbons (Fsp3) is 0.792. The van der Waals surface area contributed by atoms with Crippen LogP contribution in [-0.4, -0.2) is 23.1 Å². The van der Waals surface area contributed by atoms with Crippen molar-refractivity contribution in [1.82, 2.24) is 0 Å². The van der Waals surface area contributed by atoms with E-state index in [1.165, 1.54) is 57.8 Å². The van der Waals surface area contributed by atoms with Gasteiger partial charge in [0, 0.05) is 10.8 Å². The van der Waals surface area contributed by atoms with Gasteiger partial charge < -0.3 is 9.94 Å². The van der Waals surface area contributed by atoms with E-state index < -0.39 is 0 Å². The van der Waals surface area contributed by atoms with Gasteiger partial charge in [0.25, 0.3) is 0 Å². The summed E-state index contributed by atoms with van der Waals surface area (Å²) in [6.45, 7) is 3.29. The Morgan fingerprint density at radius 3 is 2.74 bits per heavy atom. The van der Waals surface area contributed by atoms with E-state index in [1.54, 1.807) is 5.57 Å². The van der Waals surface area contributed by atoms with E-state index in [0.29, 0.717) is 10.8 Å². The summed E-state index contributed by atoms with van der Waals surface area (Å²) in [5.74, 6) is 3.32. The fourth-order valence-corrected chi connectivity index (χ4v) is 8.91. The largest absolute Gasteiger partial charge is 0.411 e. The first-order valence-corrected chi connectivity index (χ1v) is 11.4. The minimum absolute atomic E-state index is 0.0593. The maximum absolute atomic E-state index is 9.21. The molecule has 5 aliphatic carbocycles. The van der Waals surface area contributed by atoms with Gasteiger partial charge in [0.05, 0.1) is 17.9 Å². The van der Waals surface area contributed by atoms with Gasteiger partial charge in [-0.3, -0.25) is 0 Å². The smallest absolute Gasteiger partial charge is 0.0982 e. The van der Waals surface area contributed by atoms with Crippen molar-refractivity contribution in [3.8, 4) is 0 Å². The van der Waals surface area contributed by atoms with E-state index in [0.717, 1.165) is 42.4 Å². The monoisotopic (exact) mass is 367 g/mol. The Morgan fingerprint density at radius 2 is 2.04 bits per heavy atom. The highest BCUT2D eigenvalue weighted by atomic mass is 16.5. The molecule has 27 heavy (non-hydrogen) atoms. The van der Waals surface area contributed by atoms with Crippen LogP contribution >= 0.6 is 0 Å². The Labute approximate surface area is 162 Å². The molecular weight excluding hydrogens is 334 g/mol. The Kier molecular flexibility index (Phi) is 3.42. The van der Waals surface area contributed by atoms with Crippen molar-refractivity contribution in [3.63, 3.8) is 0 Å². The first-order chi connectivity index (χ1) is 13.2. The van der Waals surface area contributed by atoms with Crippen LogP contribution < -0.4 is 0 Å². The SMILES string of the molecule is CC[C@]12CCC3C4CC/C(=N\O)C=C4CCC3C1CC1(CC1)[C@@]21C=CCO1. The van der Waals surface area contributed by atoms with E-state index in [9.17, 15) is 5.21 Å². The fourth-order valence-electron chi connectivity index (χ4n) is 8.91. The predicted octanol–water partition coefficient (Wildman–Crippen LogP) is 5.49. The minimum atomic E-state index is 0.0593. The van der Waals surface area contributed by atoms with E-state index in [4.69, 9.17) is 4.74 Å². The number of hydrogen-bond acceptors (Lipinski definition) is 3. The van der Waals surface area contributed by atoms with Gasteiger partial charge in [-0.2, -0.15) is 0 Å². The van der Waals surface area contributed by atoms with Crippen LogP contribution in [0.15, 0.2) is 29.0 Å². The van der Waals surface area contributed by atoms with E-state index in [-0.39, 0.29) is 5.60 Å². The summed E-state index contributed by atoms with van der Waals surface area (Å²) in [5.41, 5.74) is 3.40. The molecule has 3 heteroatoms. The second-order valence-electron chi connectivity index (χ2n) is 10.4. The van der Waals surface area contributed by atoms with Crippen molar-refractivity contribution in [2.24, 2.45) is 39.7 Å². The van der Waals surface area contributed by atoms with Crippen LogP contribution in [0.2, 0.25) is 0 Å². The van der Waals surface area contributed by atoms with Gasteiger partial charge in [0.1, 0.15) is 0 Å². The number of oxime groups is 1. The Morgan fingerprint density at radius 1 is 1.15 bits per heavy atom. The summed E-state index contributed by atoms with van der Waals surface area (Å²) < 4.78 is 6.69. The average molecular weight is 368 g/mol. The van der Waals surface area contributed by atoms with Crippen LogP contribution in [0.25, 0.3) is 0 Å². The lowest BCUT2D eigenvalue weighted by Gasteiger charge is -2.57. The molecule has 0 radical (unpaired) electrons. The predicted molar refractivity (Wildman–Crippen MR) is 106 cm³/mol. The molecule has 0 aromatic rings. The maximum atomic E-state index is 9.21. The molecule has 4 saturated carbocycles. The maximum Gasteiger partial charge on any atom is 0.0982 e. The van der Waals surface area contributed by atoms with Crippen molar-refractivity contribution in [3.05, 3.63) is 23.8 Å². The highest BCUT2D eigenvalue weighted by Gasteiger charge is 2.77. The minimum Gasteiger partial charge on any atom is -0.411 e. The Hall–Kier alpha value is -1.09. The molecule has 1 heterocycles. The lowest BCUT2D eigenvalue weighted by molar-refractivity contribution is -0.139. The molecule has 6 atom stereocenters. The standard InChI is InChI=1S/C24H33NO2/c1-2-23-10-8-19-18-7-5-17(25-26)14-16(18)4-6-20(19)21(23)15-22(11-12-22)24(23)9-3-13-27-24/h3,9,14,18-21,26H,2,4-8,10-13,15H2,1H3/b25-17+/t18?,19?,20?,21?,23-,24-/m0/s1. The van der Waals surface area contributed by atoms with Crippen LogP contribution in [0.4, 0.5) is 0 Å². The molecule has 6 rings (SSSR count). The quantitative estimate of drug-likeness (QED) is 0.378. The van der Waals surface area contributed by atoms with E-state index in [2.05, 4.69) is 30.3 Å². The van der Waals surface area contributed by atoms with Crippen LogP contribution in [0.5, 0.6) is 0 Å². The zero-order valence-electron chi connectivity index (χ0n) is 16.6. The average Bonchev–Trinajstić information content (AvgIpc) is 3.24. The normalized spacial score (nSPS) is 50.6. The third-order valence-electron chi connectivity index (χ3n) is 10.0. The topological polar surface area (TPSA) is 41.8 Å². The zero-order valence-corrected chi connectivity index (χ0v) is 16.6. The molecular formula is C24H33NO2. The van der Waals surface area contributed by atoms with Gasteiger partial charge in [0.2, 0.25) is 0 Å². The zero-order chi connectivity index (χ0) is 18.3. The molecule has 0 amide bonds. The highest BCUT2D eigenvalue weighted by Crippen LogP contribution is 2.79. The number of fused-ring (bicyclic) bond motifs is 7. The molecule has 2 spiro atoms. The summed E-state index contributed by atoms with van der Waals surface area (Å²) in [6, 6.07) is 0. The van der Waals surface area contributed by atoms with Crippen molar-refractivity contribution < 1.29 is 9.94 Å². The van der Waals surface area contributed by atoms with Gasteiger partial charge in [-0.1, -0.05) is 29.8 Å². The van der Waals surface area contributed by atoms with Crippen LogP contribution in [-0.2, 0) is 4.74 Å². The van der Waals surface area contributed by atoms with Crippen LogP contribution in [0.1, 0.15) is 71.1 Å². The molecule has 0 aromatic heterocycles. The first kappa shape index (κ1) is 16.8. The first-order valence-electron chi connectivity index (χ1n) is 11.4. The van der Waals surface area contributed by atoms with Gasteiger partial charge in [0.15, 0.2) is 0 Å². The number of ether oxygens (including phenoxy) is 1. The summed E-state index contributed by atoms with van der Waals surface area (Å²) in [7, 11) is 0. The second kappa shape index (κ2) is 5.49. The third-order valence-corrected chi connectivity index (χ3v) is 10.0. The molecule has 3 nitrogen and oxygen atoms in total. The third kappa shape index (κ3) is 1.90. The second-order valence-corrected chi connectivity index (χ2v) is 10.4. The lowest BCUT2D eigenvalue weighted by atomic mass is 9.49. The van der Waals surface area contributed by atoms with Gasteiger partial charge >= 0.3 is 0 Å². The summed E-state index contributed by atoms with van der Waals surface area (Å²) >= 11 is 0. The Balaban J connectivity index is 1.38. The molecule has 0 bridgehead atoms. The summed E-state index contributed by atoms with van der Waals surface area (Å²) in [5, 5.41) is 12.7. The van der Waals surface area contributed by atoms with E-state index >= 15 is 0 Å². The van der Waals surface area contributed by atoms with Crippen molar-refractivity contribution >= 4 is 5.71 Å². The molecule has 0 aromatic carbocycles. The molecule has 4 fully saturated rings. The molecule has 1 aliphatic heterocycles.